The van der Waals surface area contributed by atoms with Gasteiger partial charge in [0.2, 0.25) is 0 Å². The highest BCUT2D eigenvalue weighted by atomic mass is 16.6. The molecule has 0 spiro atoms. The van der Waals surface area contributed by atoms with Crippen LogP contribution in [0, 0.1) is 6.07 Å². The van der Waals surface area contributed by atoms with Crippen LogP contribution in [0.5, 0.6) is 5.75 Å². The Bertz CT molecular complexity index is 330. The largest absolute Gasteiger partial charge is 0.412 e. The number of hydrogen-bond acceptors (Lipinski definition) is 4. The van der Waals surface area contributed by atoms with E-state index in [1.807, 2.05) is 0 Å². The third kappa shape index (κ3) is 6.88. The zero-order chi connectivity index (χ0) is 13.1. The maximum absolute atomic E-state index is 11.3. The lowest BCUT2D eigenvalue weighted by Gasteiger charge is -2.06. The van der Waals surface area contributed by atoms with Crippen molar-refractivity contribution in [2.75, 3.05) is 26.3 Å². The molecule has 1 rings (SSSR count). The summed E-state index contributed by atoms with van der Waals surface area (Å²) in [5, 5.41) is 2.65. The minimum atomic E-state index is -0.455. The van der Waals surface area contributed by atoms with Crippen LogP contribution in [0.4, 0.5) is 4.79 Å². The maximum Gasteiger partial charge on any atom is 0.412 e. The van der Waals surface area contributed by atoms with Gasteiger partial charge in [-0.25, -0.2) is 4.79 Å². The molecule has 0 atom stereocenters. The maximum atomic E-state index is 11.3. The Labute approximate surface area is 107 Å². The highest BCUT2D eigenvalue weighted by molar-refractivity contribution is 5.70. The van der Waals surface area contributed by atoms with E-state index in [2.05, 4.69) is 11.4 Å². The van der Waals surface area contributed by atoms with Crippen LogP contribution in [0.15, 0.2) is 24.3 Å². The van der Waals surface area contributed by atoms with Crippen molar-refractivity contribution in [3.05, 3.63) is 30.3 Å². The Morgan fingerprint density at radius 2 is 2.00 bits per heavy atom. The van der Waals surface area contributed by atoms with Crippen molar-refractivity contribution in [2.45, 2.75) is 12.8 Å². The molecule has 0 aliphatic rings. The summed E-state index contributed by atoms with van der Waals surface area (Å²) in [7, 11) is 0. The van der Waals surface area contributed by atoms with Gasteiger partial charge in [0, 0.05) is 19.8 Å². The summed E-state index contributed by atoms with van der Waals surface area (Å²) in [6.45, 7) is 2.45. The van der Waals surface area contributed by atoms with E-state index in [0.29, 0.717) is 32.1 Å². The minimum Gasteiger partial charge on any atom is -0.410 e. The molecule has 0 unspecified atom stereocenters. The quantitative estimate of drug-likeness (QED) is 0.684. The van der Waals surface area contributed by atoms with Gasteiger partial charge < -0.3 is 20.5 Å². The van der Waals surface area contributed by atoms with Crippen LogP contribution in [0.1, 0.15) is 12.8 Å². The van der Waals surface area contributed by atoms with Crippen LogP contribution in [0.3, 0.4) is 0 Å². The molecule has 0 saturated heterocycles. The highest BCUT2D eigenvalue weighted by Crippen LogP contribution is 2.07. The van der Waals surface area contributed by atoms with E-state index in [-0.39, 0.29) is 0 Å². The van der Waals surface area contributed by atoms with Crippen LogP contribution in [-0.4, -0.2) is 32.4 Å². The Morgan fingerprint density at radius 1 is 1.28 bits per heavy atom. The Balaban J connectivity index is 2.00. The molecule has 0 bridgehead atoms. The molecule has 3 N–H and O–H groups in total. The first-order chi connectivity index (χ1) is 8.83. The smallest absolute Gasteiger partial charge is 0.410 e. The van der Waals surface area contributed by atoms with Crippen molar-refractivity contribution in [3.63, 3.8) is 0 Å². The molecular formula is C13H19N2O3. The van der Waals surface area contributed by atoms with Gasteiger partial charge in [-0.3, -0.25) is 0 Å². The van der Waals surface area contributed by atoms with Gasteiger partial charge in [0.15, 0.2) is 0 Å². The molecule has 99 valence electrons. The zero-order valence-corrected chi connectivity index (χ0v) is 10.4. The molecule has 0 aromatic heterocycles. The first-order valence-electron chi connectivity index (χ1n) is 6.02. The zero-order valence-electron chi connectivity index (χ0n) is 10.4. The average Bonchev–Trinajstić information content (AvgIpc) is 2.39. The first-order valence-corrected chi connectivity index (χ1v) is 6.02. The molecule has 0 aliphatic heterocycles. The van der Waals surface area contributed by atoms with Crippen molar-refractivity contribution in [1.82, 2.24) is 5.32 Å². The standard InChI is InChI=1S/C13H19N2O3/c14-8-4-10-17-11-5-9-15-13(16)18-12-6-2-1-3-7-12/h2-3,6-7H,4-5,8-11,14H2,(H,15,16). The average molecular weight is 251 g/mol. The van der Waals surface area contributed by atoms with Gasteiger partial charge in [-0.2, -0.15) is 0 Å². The number of benzene rings is 1. The van der Waals surface area contributed by atoms with Crippen LogP contribution < -0.4 is 15.8 Å². The molecule has 5 heteroatoms. The molecule has 1 aromatic carbocycles. The fourth-order valence-electron chi connectivity index (χ4n) is 1.23. The minimum absolute atomic E-state index is 0.455. The number of rotatable bonds is 8. The van der Waals surface area contributed by atoms with E-state index in [4.69, 9.17) is 15.2 Å². The molecular weight excluding hydrogens is 232 g/mol. The normalized spacial score (nSPS) is 10.1. The fourth-order valence-corrected chi connectivity index (χ4v) is 1.23. The van der Waals surface area contributed by atoms with Crippen molar-refractivity contribution < 1.29 is 14.3 Å². The molecule has 0 aliphatic carbocycles. The molecule has 0 saturated carbocycles. The van der Waals surface area contributed by atoms with Gasteiger partial charge in [0.25, 0.3) is 0 Å². The van der Waals surface area contributed by atoms with Crippen LogP contribution in [0.2, 0.25) is 0 Å². The van der Waals surface area contributed by atoms with E-state index < -0.39 is 6.09 Å². The highest BCUT2D eigenvalue weighted by Gasteiger charge is 2.02. The summed E-state index contributed by atoms with van der Waals surface area (Å²) >= 11 is 0. The van der Waals surface area contributed by atoms with Crippen LogP contribution in [-0.2, 0) is 4.74 Å². The second-order valence-electron chi connectivity index (χ2n) is 3.66. The summed E-state index contributed by atoms with van der Waals surface area (Å²) in [6.07, 6.45) is 1.16. The number of amides is 1. The monoisotopic (exact) mass is 251 g/mol. The summed E-state index contributed by atoms with van der Waals surface area (Å²) < 4.78 is 10.3. The van der Waals surface area contributed by atoms with E-state index in [1.165, 1.54) is 0 Å². The topological polar surface area (TPSA) is 73.6 Å². The Morgan fingerprint density at radius 3 is 2.72 bits per heavy atom. The molecule has 0 heterocycles. The van der Waals surface area contributed by atoms with Crippen molar-refractivity contribution in [1.29, 1.82) is 0 Å². The lowest BCUT2D eigenvalue weighted by Crippen LogP contribution is -2.28. The third-order valence-corrected chi connectivity index (χ3v) is 2.13. The van der Waals surface area contributed by atoms with Gasteiger partial charge >= 0.3 is 6.09 Å². The number of hydrogen-bond donors (Lipinski definition) is 2. The first kappa shape index (κ1) is 14.5. The van der Waals surface area contributed by atoms with Crippen molar-refractivity contribution in [2.24, 2.45) is 5.73 Å². The van der Waals surface area contributed by atoms with E-state index in [9.17, 15) is 4.79 Å². The van der Waals surface area contributed by atoms with Gasteiger partial charge in [0.1, 0.15) is 5.75 Å². The summed E-state index contributed by atoms with van der Waals surface area (Å²) in [4.78, 5) is 11.3. The number of carbonyl (C=O) groups is 1. The van der Waals surface area contributed by atoms with Gasteiger partial charge in [0.05, 0.1) is 0 Å². The third-order valence-electron chi connectivity index (χ3n) is 2.13. The SMILES string of the molecule is NCCCOCCCNC(=O)Oc1cc[c]cc1. The summed E-state index contributed by atoms with van der Waals surface area (Å²) in [5.74, 6) is 0.505. The number of ether oxygens (including phenoxy) is 2. The number of nitrogens with two attached hydrogens (primary N) is 1. The van der Waals surface area contributed by atoms with Gasteiger partial charge in [-0.15, -0.1) is 0 Å². The number of nitrogens with one attached hydrogen (secondary N) is 1. The molecule has 1 amide bonds. The van der Waals surface area contributed by atoms with Gasteiger partial charge in [-0.1, -0.05) is 12.1 Å². The van der Waals surface area contributed by atoms with Crippen molar-refractivity contribution in [3.8, 4) is 5.75 Å². The van der Waals surface area contributed by atoms with E-state index >= 15 is 0 Å². The van der Waals surface area contributed by atoms with Crippen LogP contribution >= 0.6 is 0 Å². The summed E-state index contributed by atoms with van der Waals surface area (Å²) in [6, 6.07) is 9.57. The molecule has 1 radical (unpaired) electrons. The molecule has 18 heavy (non-hydrogen) atoms. The number of carbonyl (C=O) groups excluding carboxylic acids is 1. The predicted octanol–water partition coefficient (Wildman–Crippen LogP) is 1.33. The molecule has 1 aromatic rings. The predicted molar refractivity (Wildman–Crippen MR) is 68.4 cm³/mol. The Hall–Kier alpha value is -1.59. The Kier molecular flexibility index (Phi) is 7.59. The molecule has 5 nitrogen and oxygen atoms in total. The van der Waals surface area contributed by atoms with Crippen LogP contribution in [0.25, 0.3) is 0 Å². The van der Waals surface area contributed by atoms with Gasteiger partial charge in [-0.05, 0) is 37.6 Å². The van der Waals surface area contributed by atoms with Crippen molar-refractivity contribution >= 4 is 6.09 Å². The van der Waals surface area contributed by atoms with E-state index in [1.54, 1.807) is 24.3 Å². The lowest BCUT2D eigenvalue weighted by atomic mass is 10.3. The molecule has 0 fully saturated rings. The van der Waals surface area contributed by atoms with E-state index in [0.717, 1.165) is 12.8 Å². The lowest BCUT2D eigenvalue weighted by molar-refractivity contribution is 0.130. The summed E-state index contributed by atoms with van der Waals surface area (Å²) in [5.41, 5.74) is 5.33. The second-order valence-corrected chi connectivity index (χ2v) is 3.66. The second kappa shape index (κ2) is 9.44. The fraction of sp³-hybridized carbons (Fsp3) is 0.462.